The van der Waals surface area contributed by atoms with Crippen molar-refractivity contribution in [2.75, 3.05) is 0 Å². The first kappa shape index (κ1) is 31.6. The zero-order chi connectivity index (χ0) is 37.5. The summed E-state index contributed by atoms with van der Waals surface area (Å²) >= 11 is 0. The number of pyridine rings is 1. The maximum atomic E-state index is 6.59. The van der Waals surface area contributed by atoms with E-state index in [9.17, 15) is 0 Å². The molecule has 266 valence electrons. The third-order valence-electron chi connectivity index (χ3n) is 11.4. The lowest BCUT2D eigenvalue weighted by Crippen LogP contribution is -1.92. The molecule has 0 fully saturated rings. The highest BCUT2D eigenvalue weighted by Crippen LogP contribution is 2.43. The number of furan rings is 2. The highest BCUT2D eigenvalue weighted by atomic mass is 16.3. The van der Waals surface area contributed by atoms with Crippen LogP contribution in [-0.2, 0) is 0 Å². The van der Waals surface area contributed by atoms with Gasteiger partial charge in [-0.1, -0.05) is 121 Å². The molecule has 57 heavy (non-hydrogen) atoms. The molecule has 0 aliphatic heterocycles. The molecule has 4 nitrogen and oxygen atoms in total. The van der Waals surface area contributed by atoms with Crippen LogP contribution in [0.5, 0.6) is 0 Å². The van der Waals surface area contributed by atoms with Crippen molar-refractivity contribution in [1.29, 1.82) is 0 Å². The van der Waals surface area contributed by atoms with Crippen molar-refractivity contribution in [1.82, 2.24) is 9.55 Å². The van der Waals surface area contributed by atoms with Gasteiger partial charge in [-0.25, -0.2) is 4.98 Å². The maximum Gasteiger partial charge on any atom is 0.136 e. The van der Waals surface area contributed by atoms with Crippen molar-refractivity contribution < 1.29 is 8.83 Å². The summed E-state index contributed by atoms with van der Waals surface area (Å²) in [7, 11) is 0. The normalized spacial score (nSPS) is 11.9. The number of hydrogen-bond donors (Lipinski definition) is 0. The van der Waals surface area contributed by atoms with E-state index in [0.717, 1.165) is 88.8 Å². The minimum atomic E-state index is 0.829. The van der Waals surface area contributed by atoms with Gasteiger partial charge in [0.25, 0.3) is 0 Å². The molecule has 0 spiro atoms. The molecular weight excluding hydrogens is 697 g/mol. The lowest BCUT2D eigenvalue weighted by Gasteiger charge is -2.11. The van der Waals surface area contributed by atoms with E-state index in [4.69, 9.17) is 13.8 Å². The topological polar surface area (TPSA) is 44.1 Å². The predicted octanol–water partition coefficient (Wildman–Crippen LogP) is 14.6. The minimum absolute atomic E-state index is 0.829. The lowest BCUT2D eigenvalue weighted by molar-refractivity contribution is 0.668. The molecular formula is C53H32N2O2. The number of fused-ring (bicyclic) bond motifs is 9. The highest BCUT2D eigenvalue weighted by Gasteiger charge is 2.20. The van der Waals surface area contributed by atoms with Gasteiger partial charge in [0, 0.05) is 49.1 Å². The first-order valence-corrected chi connectivity index (χ1v) is 19.3. The molecule has 0 saturated heterocycles. The van der Waals surface area contributed by atoms with Crippen LogP contribution in [0.25, 0.3) is 116 Å². The van der Waals surface area contributed by atoms with Gasteiger partial charge in [-0.05, 0) is 95.1 Å². The minimum Gasteiger partial charge on any atom is -0.456 e. The van der Waals surface area contributed by atoms with Gasteiger partial charge in [-0.3, -0.25) is 0 Å². The second kappa shape index (κ2) is 12.4. The van der Waals surface area contributed by atoms with Crippen LogP contribution in [0.4, 0.5) is 0 Å². The quantitative estimate of drug-likeness (QED) is 0.177. The van der Waals surface area contributed by atoms with Crippen molar-refractivity contribution in [3.63, 3.8) is 0 Å². The van der Waals surface area contributed by atoms with E-state index in [1.807, 2.05) is 12.1 Å². The molecule has 0 saturated carbocycles. The summed E-state index contributed by atoms with van der Waals surface area (Å²) in [6.07, 6.45) is 0. The molecule has 0 amide bonds. The Labute approximate surface area is 327 Å². The van der Waals surface area contributed by atoms with Gasteiger partial charge in [-0.15, -0.1) is 0 Å². The number of para-hydroxylation sites is 3. The number of rotatable bonds is 5. The van der Waals surface area contributed by atoms with Crippen LogP contribution in [0.2, 0.25) is 0 Å². The fourth-order valence-corrected chi connectivity index (χ4v) is 8.82. The van der Waals surface area contributed by atoms with Crippen molar-refractivity contribution in [2.45, 2.75) is 0 Å². The standard InChI is InChI=1S/C53H32N2O2/c1-3-13-33(14-4-1)36-30-44(35-25-27-40-39-17-8-10-23-48(39)57-51(40)32-35)54-45(31-36)41-20-12-24-50-53(41)43-29-34(26-28-49(43)56-50)38-19-11-22-47-52(38)42-18-7-9-21-46(42)55(47)37-15-5-2-6-16-37/h1-32H. The summed E-state index contributed by atoms with van der Waals surface area (Å²) < 4.78 is 15.3. The Kier molecular flexibility index (Phi) is 6.89. The second-order valence-corrected chi connectivity index (χ2v) is 14.7. The molecule has 4 heterocycles. The smallest absolute Gasteiger partial charge is 0.136 e. The molecule has 0 aliphatic carbocycles. The molecule has 0 atom stereocenters. The Hall–Kier alpha value is -7.69. The molecule has 0 radical (unpaired) electrons. The zero-order valence-electron chi connectivity index (χ0n) is 30.7. The summed E-state index contributed by atoms with van der Waals surface area (Å²) in [5.41, 5.74) is 15.2. The predicted molar refractivity (Wildman–Crippen MR) is 235 cm³/mol. The third-order valence-corrected chi connectivity index (χ3v) is 11.4. The van der Waals surface area contributed by atoms with Crippen molar-refractivity contribution >= 4 is 65.7 Å². The molecule has 8 aromatic carbocycles. The number of aromatic nitrogens is 2. The van der Waals surface area contributed by atoms with Gasteiger partial charge in [0.1, 0.15) is 22.3 Å². The van der Waals surface area contributed by atoms with E-state index in [-0.39, 0.29) is 0 Å². The first-order chi connectivity index (χ1) is 28.2. The van der Waals surface area contributed by atoms with Gasteiger partial charge < -0.3 is 13.4 Å². The molecule has 0 bridgehead atoms. The fraction of sp³-hybridized carbons (Fsp3) is 0. The maximum absolute atomic E-state index is 6.59. The summed E-state index contributed by atoms with van der Waals surface area (Å²) in [5, 5.41) is 6.76. The summed E-state index contributed by atoms with van der Waals surface area (Å²) in [4.78, 5) is 5.40. The molecule has 0 N–H and O–H groups in total. The van der Waals surface area contributed by atoms with Gasteiger partial charge in [0.05, 0.1) is 22.4 Å². The number of hydrogen-bond acceptors (Lipinski definition) is 3. The Morgan fingerprint density at radius 2 is 0.982 bits per heavy atom. The highest BCUT2D eigenvalue weighted by molar-refractivity contribution is 6.18. The van der Waals surface area contributed by atoms with Gasteiger partial charge >= 0.3 is 0 Å². The van der Waals surface area contributed by atoms with Crippen LogP contribution < -0.4 is 0 Å². The van der Waals surface area contributed by atoms with E-state index < -0.39 is 0 Å². The monoisotopic (exact) mass is 728 g/mol. The molecule has 0 aliphatic rings. The largest absolute Gasteiger partial charge is 0.456 e. The SMILES string of the molecule is c1ccc(-c2cc(-c3ccc4c(c3)oc3ccccc34)nc(-c3cccc4oc5ccc(-c6cccc7c6c6ccccc6n7-c6ccccc6)cc5c34)c2)cc1. The van der Waals surface area contributed by atoms with Gasteiger partial charge in [0.15, 0.2) is 0 Å². The van der Waals surface area contributed by atoms with Crippen LogP contribution in [0, 0.1) is 0 Å². The number of benzene rings is 8. The third kappa shape index (κ3) is 4.98. The lowest BCUT2D eigenvalue weighted by atomic mass is 9.95. The Bertz CT molecular complexity index is 3520. The molecule has 12 aromatic rings. The fourth-order valence-electron chi connectivity index (χ4n) is 8.82. The Morgan fingerprint density at radius 1 is 0.333 bits per heavy atom. The van der Waals surface area contributed by atoms with E-state index in [0.29, 0.717) is 0 Å². The van der Waals surface area contributed by atoms with E-state index in [2.05, 4.69) is 187 Å². The van der Waals surface area contributed by atoms with Gasteiger partial charge in [-0.2, -0.15) is 0 Å². The molecule has 4 aromatic heterocycles. The van der Waals surface area contributed by atoms with Gasteiger partial charge in [0.2, 0.25) is 0 Å². The summed E-state index contributed by atoms with van der Waals surface area (Å²) in [5.74, 6) is 0. The first-order valence-electron chi connectivity index (χ1n) is 19.3. The van der Waals surface area contributed by atoms with Crippen LogP contribution in [0.1, 0.15) is 0 Å². The van der Waals surface area contributed by atoms with Crippen molar-refractivity contribution in [3.8, 4) is 50.5 Å². The van der Waals surface area contributed by atoms with Crippen molar-refractivity contribution in [3.05, 3.63) is 194 Å². The number of nitrogens with zero attached hydrogens (tertiary/aromatic N) is 2. The van der Waals surface area contributed by atoms with Crippen LogP contribution >= 0.6 is 0 Å². The average molecular weight is 729 g/mol. The Morgan fingerprint density at radius 3 is 1.88 bits per heavy atom. The molecule has 12 rings (SSSR count). The average Bonchev–Trinajstić information content (AvgIpc) is 3.96. The summed E-state index contributed by atoms with van der Waals surface area (Å²) in [6.45, 7) is 0. The van der Waals surface area contributed by atoms with Crippen molar-refractivity contribution in [2.24, 2.45) is 0 Å². The van der Waals surface area contributed by atoms with Crippen LogP contribution in [-0.4, -0.2) is 9.55 Å². The van der Waals surface area contributed by atoms with E-state index in [1.54, 1.807) is 0 Å². The van der Waals surface area contributed by atoms with Crippen LogP contribution in [0.15, 0.2) is 203 Å². The zero-order valence-corrected chi connectivity index (χ0v) is 30.7. The van der Waals surface area contributed by atoms with E-state index in [1.165, 1.54) is 27.4 Å². The summed E-state index contributed by atoms with van der Waals surface area (Å²) in [6, 6.07) is 68.4. The molecule has 0 unspecified atom stereocenters. The molecule has 4 heteroatoms. The van der Waals surface area contributed by atoms with E-state index >= 15 is 0 Å². The van der Waals surface area contributed by atoms with Crippen LogP contribution in [0.3, 0.4) is 0 Å². The second-order valence-electron chi connectivity index (χ2n) is 14.7. The Balaban J connectivity index is 1.07.